The summed E-state index contributed by atoms with van der Waals surface area (Å²) in [6.07, 6.45) is -4.85. The number of hydrogen-bond acceptors (Lipinski definition) is 2. The van der Waals surface area contributed by atoms with Gasteiger partial charge in [-0.15, -0.1) is 13.2 Å². The van der Waals surface area contributed by atoms with Crippen molar-refractivity contribution in [1.82, 2.24) is 0 Å². The van der Waals surface area contributed by atoms with Gasteiger partial charge in [-0.3, -0.25) is 0 Å². The van der Waals surface area contributed by atoms with Crippen molar-refractivity contribution in [2.24, 2.45) is 0 Å². The van der Waals surface area contributed by atoms with E-state index in [4.69, 9.17) is 5.26 Å². The number of nitriles is 1. The molecule has 0 aliphatic heterocycles. The van der Waals surface area contributed by atoms with Crippen molar-refractivity contribution in [2.75, 3.05) is 0 Å². The van der Waals surface area contributed by atoms with Gasteiger partial charge < -0.3 is 4.74 Å². The van der Waals surface area contributed by atoms with Gasteiger partial charge in [0, 0.05) is 11.1 Å². The van der Waals surface area contributed by atoms with Crippen molar-refractivity contribution in [2.45, 2.75) is 13.3 Å². The Morgan fingerprint density at radius 1 is 1.05 bits per heavy atom. The second-order valence-electron chi connectivity index (χ2n) is 4.35. The van der Waals surface area contributed by atoms with E-state index in [0.29, 0.717) is 5.56 Å². The molecule has 21 heavy (non-hydrogen) atoms. The van der Waals surface area contributed by atoms with Crippen LogP contribution in [0.25, 0.3) is 11.1 Å². The van der Waals surface area contributed by atoms with Crippen LogP contribution in [0.2, 0.25) is 0 Å². The molecule has 0 aliphatic carbocycles. The van der Waals surface area contributed by atoms with Crippen LogP contribution in [-0.4, -0.2) is 6.36 Å². The molecule has 2 aromatic rings. The number of ether oxygens (including phenoxy) is 1. The molecule has 0 unspecified atom stereocenters. The lowest BCUT2D eigenvalue weighted by molar-refractivity contribution is -0.274. The van der Waals surface area contributed by atoms with Gasteiger partial charge >= 0.3 is 6.36 Å². The fourth-order valence-corrected chi connectivity index (χ4v) is 1.88. The highest BCUT2D eigenvalue weighted by molar-refractivity contribution is 5.72. The molecule has 0 saturated carbocycles. The Balaban J connectivity index is 2.55. The number of rotatable bonds is 2. The quantitative estimate of drug-likeness (QED) is 0.760. The van der Waals surface area contributed by atoms with E-state index in [1.807, 2.05) is 6.07 Å². The molecule has 0 aliphatic rings. The minimum absolute atomic E-state index is 0.0461. The van der Waals surface area contributed by atoms with E-state index in [2.05, 4.69) is 4.74 Å². The third-order valence-electron chi connectivity index (χ3n) is 2.76. The second kappa shape index (κ2) is 5.44. The number of aryl methyl sites for hydroxylation is 1. The Morgan fingerprint density at radius 3 is 2.33 bits per heavy atom. The largest absolute Gasteiger partial charge is 0.573 e. The minimum Gasteiger partial charge on any atom is -0.406 e. The lowest BCUT2D eigenvalue weighted by Crippen LogP contribution is -2.17. The topological polar surface area (TPSA) is 33.0 Å². The summed E-state index contributed by atoms with van der Waals surface area (Å²) >= 11 is 0. The number of nitrogens with zero attached hydrogens (tertiary/aromatic N) is 1. The lowest BCUT2D eigenvalue weighted by atomic mass is 9.98. The first-order valence-electron chi connectivity index (χ1n) is 5.86. The first-order valence-corrected chi connectivity index (χ1v) is 5.86. The van der Waals surface area contributed by atoms with Gasteiger partial charge in [-0.25, -0.2) is 4.39 Å². The van der Waals surface area contributed by atoms with Gasteiger partial charge in [-0.1, -0.05) is 12.1 Å². The first kappa shape index (κ1) is 14.9. The predicted octanol–water partition coefficient (Wildman–Crippen LogP) is 4.57. The average molecular weight is 295 g/mol. The summed E-state index contributed by atoms with van der Waals surface area (Å²) in [6.45, 7) is 1.68. The van der Waals surface area contributed by atoms with Crippen molar-refractivity contribution in [3.05, 3.63) is 53.3 Å². The molecule has 0 saturated heterocycles. The summed E-state index contributed by atoms with van der Waals surface area (Å²) in [7, 11) is 0. The Bertz CT molecular complexity index is 717. The van der Waals surface area contributed by atoms with E-state index in [-0.39, 0.29) is 16.7 Å². The van der Waals surface area contributed by atoms with Crippen molar-refractivity contribution in [1.29, 1.82) is 5.26 Å². The van der Waals surface area contributed by atoms with Crippen molar-refractivity contribution >= 4 is 0 Å². The Morgan fingerprint density at radius 2 is 1.76 bits per heavy atom. The Kier molecular flexibility index (Phi) is 3.85. The molecule has 6 heteroatoms. The van der Waals surface area contributed by atoms with Gasteiger partial charge in [-0.05, 0) is 36.8 Å². The molecule has 0 fully saturated rings. The van der Waals surface area contributed by atoms with Crippen LogP contribution in [0.1, 0.15) is 11.1 Å². The zero-order valence-electron chi connectivity index (χ0n) is 10.8. The molecule has 108 valence electrons. The van der Waals surface area contributed by atoms with E-state index in [1.165, 1.54) is 12.1 Å². The molecule has 2 nitrogen and oxygen atoms in total. The monoisotopic (exact) mass is 295 g/mol. The fourth-order valence-electron chi connectivity index (χ4n) is 1.88. The maximum atomic E-state index is 13.9. The highest BCUT2D eigenvalue weighted by Gasteiger charge is 2.31. The fraction of sp³-hybridized carbons (Fsp3) is 0.133. The first-order chi connectivity index (χ1) is 9.80. The standard InChI is InChI=1S/C15H9F4NO/c1-9-2-5-12(14(16)6-9)13-7-11(21-15(17,18)19)4-3-10(13)8-20/h2-7H,1H3. The molecule has 0 N–H and O–H groups in total. The maximum Gasteiger partial charge on any atom is 0.573 e. The summed E-state index contributed by atoms with van der Waals surface area (Å²) in [5, 5.41) is 9.01. The van der Waals surface area contributed by atoms with Crippen LogP contribution in [0.4, 0.5) is 17.6 Å². The molecule has 2 aromatic carbocycles. The number of alkyl halides is 3. The predicted molar refractivity (Wildman–Crippen MR) is 68.0 cm³/mol. The molecule has 0 aromatic heterocycles. The van der Waals surface area contributed by atoms with Crippen LogP contribution in [-0.2, 0) is 0 Å². The van der Waals surface area contributed by atoms with Crippen LogP contribution in [0.5, 0.6) is 5.75 Å². The normalized spacial score (nSPS) is 11.0. The van der Waals surface area contributed by atoms with Gasteiger partial charge in [-0.2, -0.15) is 5.26 Å². The van der Waals surface area contributed by atoms with Crippen LogP contribution in [0, 0.1) is 24.1 Å². The highest BCUT2D eigenvalue weighted by Crippen LogP contribution is 2.32. The molecule has 0 bridgehead atoms. The Hall–Kier alpha value is -2.55. The number of hydrogen-bond donors (Lipinski definition) is 0. The third-order valence-corrected chi connectivity index (χ3v) is 2.76. The SMILES string of the molecule is Cc1ccc(-c2cc(OC(F)(F)F)ccc2C#N)c(F)c1. The molecule has 0 atom stereocenters. The summed E-state index contributed by atoms with van der Waals surface area (Å²) in [6, 6.07) is 9.27. The second-order valence-corrected chi connectivity index (χ2v) is 4.35. The smallest absolute Gasteiger partial charge is 0.406 e. The Labute approximate surface area is 118 Å². The average Bonchev–Trinajstić information content (AvgIpc) is 2.37. The van der Waals surface area contributed by atoms with Crippen LogP contribution in [0.3, 0.4) is 0 Å². The molecule has 2 rings (SSSR count). The number of halogens is 4. The summed E-state index contributed by atoms with van der Waals surface area (Å²) in [5.74, 6) is -1.12. The summed E-state index contributed by atoms with van der Waals surface area (Å²) < 4.78 is 54.4. The van der Waals surface area contributed by atoms with Crippen LogP contribution in [0.15, 0.2) is 36.4 Å². The molecule has 0 amide bonds. The third kappa shape index (κ3) is 3.51. The summed E-state index contributed by atoms with van der Waals surface area (Å²) in [5.41, 5.74) is 0.825. The van der Waals surface area contributed by atoms with Gasteiger partial charge in [0.1, 0.15) is 11.6 Å². The highest BCUT2D eigenvalue weighted by atomic mass is 19.4. The maximum absolute atomic E-state index is 13.9. The number of benzene rings is 2. The van der Waals surface area contributed by atoms with E-state index >= 15 is 0 Å². The molecular weight excluding hydrogens is 286 g/mol. The van der Waals surface area contributed by atoms with Gasteiger partial charge in [0.25, 0.3) is 0 Å². The lowest BCUT2D eigenvalue weighted by Gasteiger charge is -2.12. The van der Waals surface area contributed by atoms with Crippen molar-refractivity contribution in [3.63, 3.8) is 0 Å². The van der Waals surface area contributed by atoms with Gasteiger partial charge in [0.15, 0.2) is 0 Å². The molecule has 0 radical (unpaired) electrons. The van der Waals surface area contributed by atoms with E-state index < -0.39 is 17.9 Å². The van der Waals surface area contributed by atoms with E-state index in [0.717, 1.165) is 18.2 Å². The van der Waals surface area contributed by atoms with E-state index in [9.17, 15) is 17.6 Å². The van der Waals surface area contributed by atoms with Crippen LogP contribution >= 0.6 is 0 Å². The van der Waals surface area contributed by atoms with Crippen molar-refractivity contribution < 1.29 is 22.3 Å². The molecule has 0 spiro atoms. The van der Waals surface area contributed by atoms with Gasteiger partial charge in [0.2, 0.25) is 0 Å². The van der Waals surface area contributed by atoms with Crippen molar-refractivity contribution in [3.8, 4) is 22.9 Å². The van der Waals surface area contributed by atoms with E-state index in [1.54, 1.807) is 13.0 Å². The van der Waals surface area contributed by atoms with Crippen LogP contribution < -0.4 is 4.74 Å². The zero-order chi connectivity index (χ0) is 15.6. The van der Waals surface area contributed by atoms with Gasteiger partial charge in [0.05, 0.1) is 11.6 Å². The summed E-state index contributed by atoms with van der Waals surface area (Å²) in [4.78, 5) is 0. The minimum atomic E-state index is -4.85. The molecular formula is C15H9F4NO. The molecule has 0 heterocycles. The zero-order valence-corrected chi connectivity index (χ0v) is 10.8.